The van der Waals surface area contributed by atoms with Gasteiger partial charge in [0.05, 0.1) is 25.3 Å². The lowest BCUT2D eigenvalue weighted by Crippen LogP contribution is -2.29. The summed E-state index contributed by atoms with van der Waals surface area (Å²) in [5, 5.41) is 22.6. The molecule has 3 rings (SSSR count). The van der Waals surface area contributed by atoms with Gasteiger partial charge in [0.25, 0.3) is 5.91 Å². The van der Waals surface area contributed by atoms with E-state index in [0.717, 1.165) is 5.75 Å². The summed E-state index contributed by atoms with van der Waals surface area (Å²) in [6.45, 7) is 0.647. The van der Waals surface area contributed by atoms with E-state index in [9.17, 15) is 4.79 Å². The normalized spacial score (nSPS) is 9.93. The van der Waals surface area contributed by atoms with E-state index < -0.39 is 0 Å². The zero-order valence-corrected chi connectivity index (χ0v) is 15.8. The van der Waals surface area contributed by atoms with Crippen molar-refractivity contribution in [3.8, 4) is 17.6 Å². The number of nitrogens with one attached hydrogen (secondary N) is 2. The second-order valence-corrected chi connectivity index (χ2v) is 5.90. The van der Waals surface area contributed by atoms with Crippen LogP contribution in [0, 0.1) is 11.3 Å². The second-order valence-electron chi connectivity index (χ2n) is 5.90. The Hall–Kier alpha value is -4.12. The van der Waals surface area contributed by atoms with Crippen LogP contribution in [0.3, 0.4) is 0 Å². The van der Waals surface area contributed by atoms with E-state index in [4.69, 9.17) is 14.7 Å². The molecular weight excluding hydrogens is 370 g/mol. The number of benzene rings is 2. The fourth-order valence-electron chi connectivity index (χ4n) is 2.43. The number of hydrogen-bond donors (Lipinski definition) is 2. The SMILES string of the molecule is COc1ccc(OCCNC(=O)c2ccc(Nc3cccc(C#N)c3)nn2)cc1. The standard InChI is InChI=1S/C21H19N5O3/c1-28-17-5-7-18(8-6-17)29-12-11-23-21(27)19-9-10-20(26-25-19)24-16-4-2-3-15(13-16)14-22/h2-10,13H,11-12H2,1H3,(H,23,27)(H,24,26). The number of ether oxygens (including phenoxy) is 2. The van der Waals surface area contributed by atoms with Gasteiger partial charge < -0.3 is 20.1 Å². The molecule has 2 aromatic carbocycles. The number of anilines is 2. The van der Waals surface area contributed by atoms with Crippen LogP contribution in [0.15, 0.2) is 60.7 Å². The van der Waals surface area contributed by atoms with Crippen molar-refractivity contribution in [3.63, 3.8) is 0 Å². The lowest BCUT2D eigenvalue weighted by molar-refractivity contribution is 0.0941. The molecule has 8 nitrogen and oxygen atoms in total. The maximum absolute atomic E-state index is 12.2. The third kappa shape index (κ3) is 5.68. The summed E-state index contributed by atoms with van der Waals surface area (Å²) < 4.78 is 10.6. The summed E-state index contributed by atoms with van der Waals surface area (Å²) in [4.78, 5) is 12.2. The van der Waals surface area contributed by atoms with E-state index in [-0.39, 0.29) is 11.6 Å². The molecule has 0 bridgehead atoms. The average Bonchev–Trinajstić information content (AvgIpc) is 2.77. The minimum Gasteiger partial charge on any atom is -0.497 e. The summed E-state index contributed by atoms with van der Waals surface area (Å²) in [6.07, 6.45) is 0. The van der Waals surface area contributed by atoms with E-state index in [1.165, 1.54) is 0 Å². The highest BCUT2D eigenvalue weighted by atomic mass is 16.5. The molecule has 0 unspecified atom stereocenters. The molecule has 0 radical (unpaired) electrons. The van der Waals surface area contributed by atoms with Crippen LogP contribution in [0.4, 0.5) is 11.5 Å². The van der Waals surface area contributed by atoms with Crippen molar-refractivity contribution < 1.29 is 14.3 Å². The van der Waals surface area contributed by atoms with E-state index in [1.54, 1.807) is 61.7 Å². The van der Waals surface area contributed by atoms with Gasteiger partial charge in [-0.25, -0.2) is 0 Å². The van der Waals surface area contributed by atoms with Crippen LogP contribution in [0.1, 0.15) is 16.1 Å². The molecule has 29 heavy (non-hydrogen) atoms. The molecule has 3 aromatic rings. The maximum atomic E-state index is 12.2. The number of carbonyl (C=O) groups excluding carboxylic acids is 1. The number of amides is 1. The molecule has 0 aliphatic heterocycles. The van der Waals surface area contributed by atoms with E-state index in [2.05, 4.69) is 26.9 Å². The van der Waals surface area contributed by atoms with E-state index in [0.29, 0.717) is 36.0 Å². The third-order valence-electron chi connectivity index (χ3n) is 3.88. The van der Waals surface area contributed by atoms with Crippen molar-refractivity contribution >= 4 is 17.4 Å². The topological polar surface area (TPSA) is 109 Å². The van der Waals surface area contributed by atoms with Gasteiger partial charge in [-0.3, -0.25) is 4.79 Å². The fourth-order valence-corrected chi connectivity index (χ4v) is 2.43. The van der Waals surface area contributed by atoms with Gasteiger partial charge in [-0.15, -0.1) is 10.2 Å². The van der Waals surface area contributed by atoms with Crippen molar-refractivity contribution in [2.24, 2.45) is 0 Å². The third-order valence-corrected chi connectivity index (χ3v) is 3.88. The Morgan fingerprint density at radius 3 is 2.55 bits per heavy atom. The van der Waals surface area contributed by atoms with Crippen LogP contribution in [0.2, 0.25) is 0 Å². The molecular formula is C21H19N5O3. The van der Waals surface area contributed by atoms with Gasteiger partial charge in [0.1, 0.15) is 18.1 Å². The Bertz CT molecular complexity index is 998. The van der Waals surface area contributed by atoms with Crippen molar-refractivity contribution in [1.29, 1.82) is 5.26 Å². The Kier molecular flexibility index (Phi) is 6.58. The van der Waals surface area contributed by atoms with Crippen LogP contribution < -0.4 is 20.1 Å². The second kappa shape index (κ2) is 9.71. The quantitative estimate of drug-likeness (QED) is 0.570. The monoisotopic (exact) mass is 389 g/mol. The van der Waals surface area contributed by atoms with Crippen molar-refractivity contribution in [1.82, 2.24) is 15.5 Å². The predicted octanol–water partition coefficient (Wildman–Crippen LogP) is 2.91. The zero-order chi connectivity index (χ0) is 20.5. The molecule has 8 heteroatoms. The first-order chi connectivity index (χ1) is 14.2. The summed E-state index contributed by atoms with van der Waals surface area (Å²) in [6, 6.07) is 19.5. The van der Waals surface area contributed by atoms with Gasteiger partial charge in [0.15, 0.2) is 11.5 Å². The molecule has 1 aromatic heterocycles. The lowest BCUT2D eigenvalue weighted by atomic mass is 10.2. The maximum Gasteiger partial charge on any atom is 0.271 e. The van der Waals surface area contributed by atoms with Gasteiger partial charge in [-0.1, -0.05) is 6.07 Å². The highest BCUT2D eigenvalue weighted by molar-refractivity contribution is 5.92. The minimum absolute atomic E-state index is 0.200. The van der Waals surface area contributed by atoms with Crippen molar-refractivity contribution in [2.45, 2.75) is 0 Å². The first kappa shape index (κ1) is 19.6. The van der Waals surface area contributed by atoms with E-state index in [1.807, 2.05) is 6.07 Å². The predicted molar refractivity (Wildman–Crippen MR) is 107 cm³/mol. The minimum atomic E-state index is -0.339. The van der Waals surface area contributed by atoms with Crippen molar-refractivity contribution in [2.75, 3.05) is 25.6 Å². The number of nitriles is 1. The van der Waals surface area contributed by atoms with Crippen molar-refractivity contribution in [3.05, 3.63) is 71.9 Å². The molecule has 0 saturated carbocycles. The van der Waals surface area contributed by atoms with Gasteiger partial charge in [-0.05, 0) is 54.6 Å². The molecule has 1 amide bonds. The summed E-state index contributed by atoms with van der Waals surface area (Å²) in [5.41, 5.74) is 1.45. The van der Waals surface area contributed by atoms with Gasteiger partial charge in [0, 0.05) is 5.69 Å². The zero-order valence-electron chi connectivity index (χ0n) is 15.8. The molecule has 146 valence electrons. The number of aromatic nitrogens is 2. The van der Waals surface area contributed by atoms with Crippen LogP contribution in [-0.4, -0.2) is 36.4 Å². The number of rotatable bonds is 8. The highest BCUT2D eigenvalue weighted by Gasteiger charge is 2.08. The van der Waals surface area contributed by atoms with Crippen LogP contribution in [0.5, 0.6) is 11.5 Å². The highest BCUT2D eigenvalue weighted by Crippen LogP contribution is 2.17. The molecule has 0 fully saturated rings. The Balaban J connectivity index is 1.46. The Morgan fingerprint density at radius 2 is 1.86 bits per heavy atom. The van der Waals surface area contributed by atoms with Crippen LogP contribution in [-0.2, 0) is 0 Å². The largest absolute Gasteiger partial charge is 0.497 e. The smallest absolute Gasteiger partial charge is 0.271 e. The molecule has 0 spiro atoms. The molecule has 0 aliphatic rings. The van der Waals surface area contributed by atoms with E-state index >= 15 is 0 Å². The molecule has 1 heterocycles. The Morgan fingerprint density at radius 1 is 1.07 bits per heavy atom. The summed E-state index contributed by atoms with van der Waals surface area (Å²) in [5.74, 6) is 1.57. The number of methoxy groups -OCH3 is 1. The first-order valence-electron chi connectivity index (χ1n) is 8.84. The van der Waals surface area contributed by atoms with Crippen LogP contribution in [0.25, 0.3) is 0 Å². The van der Waals surface area contributed by atoms with Gasteiger partial charge in [-0.2, -0.15) is 5.26 Å². The number of hydrogen-bond acceptors (Lipinski definition) is 7. The lowest BCUT2D eigenvalue weighted by Gasteiger charge is -2.08. The number of nitrogens with zero attached hydrogens (tertiary/aromatic N) is 3. The summed E-state index contributed by atoms with van der Waals surface area (Å²) in [7, 11) is 1.60. The Labute approximate surface area is 168 Å². The molecule has 2 N–H and O–H groups in total. The fraction of sp³-hybridized carbons (Fsp3) is 0.143. The average molecular weight is 389 g/mol. The molecule has 0 saturated heterocycles. The number of carbonyl (C=O) groups is 1. The first-order valence-corrected chi connectivity index (χ1v) is 8.84. The summed E-state index contributed by atoms with van der Waals surface area (Å²) >= 11 is 0. The van der Waals surface area contributed by atoms with Gasteiger partial charge in [0.2, 0.25) is 0 Å². The molecule has 0 atom stereocenters. The molecule has 0 aliphatic carbocycles. The van der Waals surface area contributed by atoms with Crippen LogP contribution >= 0.6 is 0 Å². The van der Waals surface area contributed by atoms with Gasteiger partial charge >= 0.3 is 0 Å².